The van der Waals surface area contributed by atoms with Crippen molar-refractivity contribution in [1.29, 1.82) is 0 Å². The highest BCUT2D eigenvalue weighted by atomic mass is 16.1. The first-order valence-corrected chi connectivity index (χ1v) is 3.02. The molecule has 0 spiro atoms. The predicted octanol–water partition coefficient (Wildman–Crippen LogP) is 1.32. The maximum absolute atomic E-state index is 10.1. The van der Waals surface area contributed by atoms with Crippen molar-refractivity contribution in [1.82, 2.24) is 0 Å². The van der Waals surface area contributed by atoms with Crippen LogP contribution in [0.4, 0.5) is 0 Å². The van der Waals surface area contributed by atoms with E-state index in [1.165, 1.54) is 0 Å². The summed E-state index contributed by atoms with van der Waals surface area (Å²) in [5, 5.41) is 0. The van der Waals surface area contributed by atoms with Gasteiger partial charge in [0.05, 0.1) is 5.71 Å². The third kappa shape index (κ3) is 1.49. The van der Waals surface area contributed by atoms with Crippen LogP contribution < -0.4 is 0 Å². The molecule has 2 heteroatoms. The topological polar surface area (TPSA) is 29.4 Å². The van der Waals surface area contributed by atoms with E-state index in [4.69, 9.17) is 0 Å². The zero-order valence-corrected chi connectivity index (χ0v) is 5.42. The van der Waals surface area contributed by atoms with Crippen molar-refractivity contribution < 1.29 is 4.79 Å². The molecule has 1 heterocycles. The molecule has 0 saturated heterocycles. The molecule has 1 aliphatic rings. The van der Waals surface area contributed by atoms with Crippen molar-refractivity contribution in [2.45, 2.75) is 19.8 Å². The molecule has 1 aliphatic heterocycles. The van der Waals surface area contributed by atoms with E-state index in [0.29, 0.717) is 5.71 Å². The summed E-state index contributed by atoms with van der Waals surface area (Å²) in [6.45, 7) is 1.91. The number of hydrogen-bond acceptors (Lipinski definition) is 2. The van der Waals surface area contributed by atoms with Gasteiger partial charge in [-0.2, -0.15) is 0 Å². The van der Waals surface area contributed by atoms with E-state index in [-0.39, 0.29) is 0 Å². The number of carbonyl (C=O) groups excluding carboxylic acids is 1. The molecule has 0 fully saturated rings. The predicted molar refractivity (Wildman–Crippen MR) is 36.5 cm³/mol. The second-order valence-electron chi connectivity index (χ2n) is 2.11. The summed E-state index contributed by atoms with van der Waals surface area (Å²) in [6.07, 6.45) is 4.63. The minimum atomic E-state index is 0.676. The molecule has 0 atom stereocenters. The Morgan fingerprint density at radius 1 is 1.78 bits per heavy atom. The van der Waals surface area contributed by atoms with Crippen molar-refractivity contribution in [2.24, 2.45) is 4.99 Å². The standard InChI is InChI=1S/C7H9NO/c1-6-3-2-4-7(5-9)8-6/h3,5H,2,4H2,1H3. The molecule has 48 valence electrons. The number of nitrogens with zero attached hydrogens (tertiary/aromatic N) is 1. The Hall–Kier alpha value is -0.920. The molecule has 0 radical (unpaired) electrons. The molecular formula is C7H9NO. The van der Waals surface area contributed by atoms with Crippen LogP contribution >= 0.6 is 0 Å². The summed E-state index contributed by atoms with van der Waals surface area (Å²) in [6, 6.07) is 0. The first-order chi connectivity index (χ1) is 4.33. The normalized spacial score (nSPS) is 18.3. The molecule has 0 aromatic carbocycles. The Labute approximate surface area is 54.3 Å². The van der Waals surface area contributed by atoms with Crippen LogP contribution in [0.1, 0.15) is 19.8 Å². The van der Waals surface area contributed by atoms with E-state index in [1.807, 2.05) is 13.0 Å². The summed E-state index contributed by atoms with van der Waals surface area (Å²) in [5.41, 5.74) is 1.64. The number of aliphatic imine (C=N–C) groups is 1. The second kappa shape index (κ2) is 2.58. The van der Waals surface area contributed by atoms with E-state index in [2.05, 4.69) is 4.99 Å². The quantitative estimate of drug-likeness (QED) is 0.483. The first kappa shape index (κ1) is 6.20. The van der Waals surface area contributed by atoms with Crippen LogP contribution in [0.2, 0.25) is 0 Å². The molecule has 0 saturated carbocycles. The van der Waals surface area contributed by atoms with Crippen LogP contribution in [0, 0.1) is 0 Å². The molecule has 0 N–H and O–H groups in total. The summed E-state index contributed by atoms with van der Waals surface area (Å²) in [5.74, 6) is 0. The fraction of sp³-hybridized carbons (Fsp3) is 0.429. The van der Waals surface area contributed by atoms with Crippen molar-refractivity contribution in [3.8, 4) is 0 Å². The van der Waals surface area contributed by atoms with Gasteiger partial charge < -0.3 is 0 Å². The van der Waals surface area contributed by atoms with Gasteiger partial charge in [0.25, 0.3) is 0 Å². The summed E-state index contributed by atoms with van der Waals surface area (Å²) in [7, 11) is 0. The van der Waals surface area contributed by atoms with Crippen molar-refractivity contribution in [3.05, 3.63) is 11.8 Å². The lowest BCUT2D eigenvalue weighted by molar-refractivity contribution is -0.102. The Balaban J connectivity index is 2.74. The molecule has 0 unspecified atom stereocenters. The molecule has 0 amide bonds. The summed E-state index contributed by atoms with van der Waals surface area (Å²) < 4.78 is 0. The Kier molecular flexibility index (Phi) is 1.78. The van der Waals surface area contributed by atoms with Crippen LogP contribution in [0.15, 0.2) is 16.8 Å². The third-order valence-electron chi connectivity index (χ3n) is 1.30. The zero-order valence-electron chi connectivity index (χ0n) is 5.42. The Bertz CT molecular complexity index is 179. The number of carbonyl (C=O) groups is 1. The lowest BCUT2D eigenvalue weighted by Gasteiger charge is -2.02. The highest BCUT2D eigenvalue weighted by Crippen LogP contribution is 2.07. The number of aldehydes is 1. The second-order valence-corrected chi connectivity index (χ2v) is 2.11. The van der Waals surface area contributed by atoms with Gasteiger partial charge in [-0.3, -0.25) is 9.79 Å². The average Bonchev–Trinajstić information content (AvgIpc) is 1.88. The van der Waals surface area contributed by atoms with Crippen molar-refractivity contribution in [2.75, 3.05) is 0 Å². The zero-order chi connectivity index (χ0) is 6.69. The van der Waals surface area contributed by atoms with Gasteiger partial charge in [0.1, 0.15) is 0 Å². The largest absolute Gasteiger partial charge is 0.297 e. The van der Waals surface area contributed by atoms with Gasteiger partial charge in [-0.05, 0) is 19.8 Å². The maximum atomic E-state index is 10.1. The van der Waals surface area contributed by atoms with E-state index >= 15 is 0 Å². The van der Waals surface area contributed by atoms with E-state index in [0.717, 1.165) is 24.8 Å². The average molecular weight is 123 g/mol. The summed E-state index contributed by atoms with van der Waals surface area (Å²) >= 11 is 0. The molecule has 9 heavy (non-hydrogen) atoms. The third-order valence-corrected chi connectivity index (χ3v) is 1.30. The van der Waals surface area contributed by atoms with Crippen LogP contribution in [-0.2, 0) is 4.79 Å². The smallest absolute Gasteiger partial charge is 0.164 e. The molecule has 0 aromatic rings. The maximum Gasteiger partial charge on any atom is 0.164 e. The molecule has 1 rings (SSSR count). The van der Waals surface area contributed by atoms with Crippen LogP contribution in [0.5, 0.6) is 0 Å². The summed E-state index contributed by atoms with van der Waals surface area (Å²) in [4.78, 5) is 14.2. The van der Waals surface area contributed by atoms with E-state index < -0.39 is 0 Å². The number of hydrogen-bond donors (Lipinski definition) is 0. The SMILES string of the molecule is CC1=CCCC(C=O)=N1. The Morgan fingerprint density at radius 2 is 2.56 bits per heavy atom. The van der Waals surface area contributed by atoms with Gasteiger partial charge in [-0.25, -0.2) is 0 Å². The van der Waals surface area contributed by atoms with E-state index in [1.54, 1.807) is 0 Å². The lowest BCUT2D eigenvalue weighted by atomic mass is 10.1. The number of allylic oxidation sites excluding steroid dienone is 2. The fourth-order valence-corrected chi connectivity index (χ4v) is 0.842. The van der Waals surface area contributed by atoms with Gasteiger partial charge in [0, 0.05) is 5.70 Å². The van der Waals surface area contributed by atoms with Gasteiger partial charge in [-0.15, -0.1) is 0 Å². The van der Waals surface area contributed by atoms with Crippen molar-refractivity contribution in [3.63, 3.8) is 0 Å². The van der Waals surface area contributed by atoms with Gasteiger partial charge in [0.2, 0.25) is 0 Å². The number of rotatable bonds is 1. The molecule has 0 aromatic heterocycles. The van der Waals surface area contributed by atoms with Crippen LogP contribution in [0.25, 0.3) is 0 Å². The van der Waals surface area contributed by atoms with Gasteiger partial charge >= 0.3 is 0 Å². The lowest BCUT2D eigenvalue weighted by Crippen LogP contribution is -2.02. The molecule has 0 bridgehead atoms. The van der Waals surface area contributed by atoms with Crippen LogP contribution in [0.3, 0.4) is 0 Å². The van der Waals surface area contributed by atoms with E-state index in [9.17, 15) is 4.79 Å². The van der Waals surface area contributed by atoms with Crippen molar-refractivity contribution >= 4 is 12.0 Å². The minimum Gasteiger partial charge on any atom is -0.297 e. The van der Waals surface area contributed by atoms with Gasteiger partial charge in [0.15, 0.2) is 6.29 Å². The highest BCUT2D eigenvalue weighted by Gasteiger charge is 2.00. The molecular weight excluding hydrogens is 114 g/mol. The van der Waals surface area contributed by atoms with Crippen LogP contribution in [-0.4, -0.2) is 12.0 Å². The first-order valence-electron chi connectivity index (χ1n) is 3.02. The van der Waals surface area contributed by atoms with Gasteiger partial charge in [-0.1, -0.05) is 6.08 Å². The molecule has 0 aliphatic carbocycles. The molecule has 2 nitrogen and oxygen atoms in total. The minimum absolute atomic E-state index is 0.676. The highest BCUT2D eigenvalue weighted by molar-refractivity contribution is 6.28. The fourth-order valence-electron chi connectivity index (χ4n) is 0.842. The monoisotopic (exact) mass is 123 g/mol. The Morgan fingerprint density at radius 3 is 3.00 bits per heavy atom.